The molecule has 2 heterocycles. The second-order valence-corrected chi connectivity index (χ2v) is 5.65. The Morgan fingerprint density at radius 2 is 2.38 bits per heavy atom. The lowest BCUT2D eigenvalue weighted by Crippen LogP contribution is -2.26. The van der Waals surface area contributed by atoms with Crippen molar-refractivity contribution in [3.8, 4) is 0 Å². The fourth-order valence-electron chi connectivity index (χ4n) is 2.21. The van der Waals surface area contributed by atoms with Crippen molar-refractivity contribution < 1.29 is 0 Å². The van der Waals surface area contributed by atoms with E-state index >= 15 is 0 Å². The van der Waals surface area contributed by atoms with Crippen LogP contribution in [0.5, 0.6) is 0 Å². The number of rotatable bonds is 2. The number of nitrogen functional groups attached to an aromatic ring is 1. The largest absolute Gasteiger partial charge is 0.375 e. The molecule has 2 rings (SSSR count). The van der Waals surface area contributed by atoms with Crippen LogP contribution in [-0.2, 0) is 6.54 Å². The molecule has 3 nitrogen and oxygen atoms in total. The predicted molar refractivity (Wildman–Crippen MR) is 72.1 cm³/mol. The summed E-state index contributed by atoms with van der Waals surface area (Å²) in [7, 11) is 0. The van der Waals surface area contributed by atoms with Crippen LogP contribution in [0, 0.1) is 5.92 Å². The molecule has 1 unspecified atom stereocenters. The summed E-state index contributed by atoms with van der Waals surface area (Å²) in [5.41, 5.74) is 5.63. The van der Waals surface area contributed by atoms with E-state index in [1.807, 2.05) is 6.20 Å². The van der Waals surface area contributed by atoms with E-state index in [1.165, 1.54) is 37.2 Å². The van der Waals surface area contributed by atoms with Gasteiger partial charge in [0.25, 0.3) is 0 Å². The Balaban J connectivity index is 0.00000128. The number of hydrogen-bond acceptors (Lipinski definition) is 4. The van der Waals surface area contributed by atoms with Crippen LogP contribution >= 0.6 is 23.7 Å². The van der Waals surface area contributed by atoms with Crippen LogP contribution in [-0.4, -0.2) is 23.0 Å². The lowest BCUT2D eigenvalue weighted by atomic mass is 10.1. The molecule has 0 spiro atoms. The molecule has 1 aromatic rings. The van der Waals surface area contributed by atoms with Crippen molar-refractivity contribution in [1.29, 1.82) is 0 Å². The molecular weight excluding hydrogens is 242 g/mol. The molecule has 1 atom stereocenters. The number of halogens is 1. The van der Waals surface area contributed by atoms with E-state index in [9.17, 15) is 0 Å². The maximum Gasteiger partial charge on any atom is 0.180 e. The summed E-state index contributed by atoms with van der Waals surface area (Å²) < 4.78 is 0. The fraction of sp³-hybridized carbons (Fsp3) is 0.727. The Hall–Kier alpha value is -0.320. The lowest BCUT2D eigenvalue weighted by molar-refractivity contribution is 0.250. The third-order valence-corrected chi connectivity index (χ3v) is 3.75. The molecular formula is C11H20ClN3S. The Labute approximate surface area is 107 Å². The number of anilines is 1. The molecule has 1 fully saturated rings. The smallest absolute Gasteiger partial charge is 0.180 e. The van der Waals surface area contributed by atoms with Crippen LogP contribution in [0.4, 0.5) is 5.13 Å². The maximum absolute atomic E-state index is 5.63. The minimum absolute atomic E-state index is 0. The summed E-state index contributed by atoms with van der Waals surface area (Å²) in [6.45, 7) is 5.82. The molecule has 1 saturated heterocycles. The van der Waals surface area contributed by atoms with Crippen molar-refractivity contribution in [1.82, 2.24) is 9.88 Å². The summed E-state index contributed by atoms with van der Waals surface area (Å²) in [4.78, 5) is 7.92. The van der Waals surface area contributed by atoms with Crippen LogP contribution in [0.1, 0.15) is 31.1 Å². The molecule has 0 saturated carbocycles. The Kier molecular flexibility index (Phi) is 5.52. The molecule has 1 aliphatic rings. The fourth-order valence-corrected chi connectivity index (χ4v) is 2.94. The van der Waals surface area contributed by atoms with Gasteiger partial charge in [-0.1, -0.05) is 13.3 Å². The van der Waals surface area contributed by atoms with Gasteiger partial charge >= 0.3 is 0 Å². The standard InChI is InChI=1S/C11H19N3S.ClH/c1-9-4-2-3-5-14(7-9)8-10-6-13-11(12)15-10;/h6,9H,2-5,7-8H2,1H3,(H2,12,13);1H. The zero-order chi connectivity index (χ0) is 10.7. The van der Waals surface area contributed by atoms with Gasteiger partial charge in [0.2, 0.25) is 0 Å². The van der Waals surface area contributed by atoms with Gasteiger partial charge in [-0.2, -0.15) is 0 Å². The normalized spacial score (nSPS) is 22.4. The van der Waals surface area contributed by atoms with E-state index in [0.29, 0.717) is 5.13 Å². The number of thiazole rings is 1. The zero-order valence-corrected chi connectivity index (χ0v) is 11.3. The van der Waals surface area contributed by atoms with E-state index in [4.69, 9.17) is 5.73 Å². The highest BCUT2D eigenvalue weighted by Gasteiger charge is 2.15. The van der Waals surface area contributed by atoms with Gasteiger partial charge in [0.1, 0.15) is 0 Å². The van der Waals surface area contributed by atoms with E-state index in [2.05, 4.69) is 16.8 Å². The van der Waals surface area contributed by atoms with Gasteiger partial charge in [0.05, 0.1) is 0 Å². The highest BCUT2D eigenvalue weighted by molar-refractivity contribution is 7.15. The summed E-state index contributed by atoms with van der Waals surface area (Å²) in [6.07, 6.45) is 6.00. The van der Waals surface area contributed by atoms with Crippen molar-refractivity contribution in [3.05, 3.63) is 11.1 Å². The van der Waals surface area contributed by atoms with Gasteiger partial charge in [0.15, 0.2) is 5.13 Å². The van der Waals surface area contributed by atoms with Crippen molar-refractivity contribution >= 4 is 28.9 Å². The van der Waals surface area contributed by atoms with E-state index in [-0.39, 0.29) is 12.4 Å². The first kappa shape index (κ1) is 13.7. The number of aromatic nitrogens is 1. The Morgan fingerprint density at radius 1 is 1.56 bits per heavy atom. The molecule has 2 N–H and O–H groups in total. The minimum Gasteiger partial charge on any atom is -0.375 e. The van der Waals surface area contributed by atoms with E-state index in [1.54, 1.807) is 11.3 Å². The molecule has 16 heavy (non-hydrogen) atoms. The lowest BCUT2D eigenvalue weighted by Gasteiger charge is -2.21. The van der Waals surface area contributed by atoms with Gasteiger partial charge in [-0.15, -0.1) is 23.7 Å². The number of likely N-dealkylation sites (tertiary alicyclic amines) is 1. The Bertz CT molecular complexity index is 316. The number of nitrogens with two attached hydrogens (primary N) is 1. The summed E-state index contributed by atoms with van der Waals surface area (Å²) in [5, 5.41) is 0.688. The molecule has 0 radical (unpaired) electrons. The van der Waals surface area contributed by atoms with Crippen molar-refractivity contribution in [2.75, 3.05) is 18.8 Å². The molecule has 92 valence electrons. The highest BCUT2D eigenvalue weighted by atomic mass is 35.5. The van der Waals surface area contributed by atoms with Gasteiger partial charge in [-0.3, -0.25) is 4.90 Å². The van der Waals surface area contributed by atoms with E-state index < -0.39 is 0 Å². The first-order valence-corrected chi connectivity index (χ1v) is 6.48. The highest BCUT2D eigenvalue weighted by Crippen LogP contribution is 2.21. The zero-order valence-electron chi connectivity index (χ0n) is 9.69. The molecule has 0 aromatic carbocycles. The minimum atomic E-state index is 0. The molecule has 0 amide bonds. The molecule has 1 aromatic heterocycles. The third kappa shape index (κ3) is 3.92. The first-order valence-electron chi connectivity index (χ1n) is 5.66. The molecule has 0 bridgehead atoms. The number of hydrogen-bond donors (Lipinski definition) is 1. The topological polar surface area (TPSA) is 42.2 Å². The van der Waals surface area contributed by atoms with Crippen LogP contribution in [0.3, 0.4) is 0 Å². The van der Waals surface area contributed by atoms with Gasteiger partial charge in [0, 0.05) is 24.2 Å². The van der Waals surface area contributed by atoms with Gasteiger partial charge in [-0.25, -0.2) is 4.98 Å². The van der Waals surface area contributed by atoms with Crippen molar-refractivity contribution in [2.45, 2.75) is 32.7 Å². The maximum atomic E-state index is 5.63. The Morgan fingerprint density at radius 3 is 3.06 bits per heavy atom. The van der Waals surface area contributed by atoms with Crippen molar-refractivity contribution in [3.63, 3.8) is 0 Å². The molecule has 1 aliphatic heterocycles. The van der Waals surface area contributed by atoms with Gasteiger partial charge < -0.3 is 5.73 Å². The van der Waals surface area contributed by atoms with Crippen LogP contribution < -0.4 is 5.73 Å². The van der Waals surface area contributed by atoms with Gasteiger partial charge in [-0.05, 0) is 25.3 Å². The quantitative estimate of drug-likeness (QED) is 0.890. The number of nitrogens with zero attached hydrogens (tertiary/aromatic N) is 2. The molecule has 0 aliphatic carbocycles. The van der Waals surface area contributed by atoms with Crippen molar-refractivity contribution in [2.24, 2.45) is 5.92 Å². The van der Waals surface area contributed by atoms with E-state index in [0.717, 1.165) is 12.5 Å². The summed E-state index contributed by atoms with van der Waals surface area (Å²) in [6, 6.07) is 0. The summed E-state index contributed by atoms with van der Waals surface area (Å²) in [5.74, 6) is 0.831. The average molecular weight is 262 g/mol. The second kappa shape index (κ2) is 6.42. The monoisotopic (exact) mass is 261 g/mol. The predicted octanol–water partition coefficient (Wildman–Crippen LogP) is 2.77. The third-order valence-electron chi connectivity index (χ3n) is 2.94. The first-order chi connectivity index (χ1) is 7.24. The average Bonchev–Trinajstić information content (AvgIpc) is 2.46. The second-order valence-electron chi connectivity index (χ2n) is 4.50. The van der Waals surface area contributed by atoms with Crippen LogP contribution in [0.25, 0.3) is 0 Å². The SMILES string of the molecule is CC1CCCCN(Cc2cnc(N)s2)C1.Cl. The van der Waals surface area contributed by atoms with Crippen LogP contribution in [0.2, 0.25) is 0 Å². The van der Waals surface area contributed by atoms with Crippen LogP contribution in [0.15, 0.2) is 6.20 Å². The molecule has 5 heteroatoms. The summed E-state index contributed by atoms with van der Waals surface area (Å²) >= 11 is 1.61.